The highest BCUT2D eigenvalue weighted by Gasteiger charge is 2.39. The zero-order valence-electron chi connectivity index (χ0n) is 10.5. The summed E-state index contributed by atoms with van der Waals surface area (Å²) in [5, 5.41) is 19.7. The van der Waals surface area contributed by atoms with Crippen LogP contribution in [0.2, 0.25) is 0 Å². The van der Waals surface area contributed by atoms with Gasteiger partial charge in [0.05, 0.1) is 12.5 Å². The summed E-state index contributed by atoms with van der Waals surface area (Å²) >= 11 is 0. The highest BCUT2D eigenvalue weighted by Crippen LogP contribution is 2.29. The highest BCUT2D eigenvalue weighted by molar-refractivity contribution is 6.02. The summed E-state index contributed by atoms with van der Waals surface area (Å²) in [7, 11) is 0. The lowest BCUT2D eigenvalue weighted by atomic mass is 9.97. The number of aromatic hydroxyl groups is 2. The Morgan fingerprint density at radius 1 is 1.37 bits per heavy atom. The fourth-order valence-corrected chi connectivity index (χ4v) is 2.08. The maximum Gasteiger partial charge on any atom is 0.257 e. The lowest BCUT2D eigenvalue weighted by molar-refractivity contribution is -0.187. The van der Waals surface area contributed by atoms with Crippen molar-refractivity contribution >= 4 is 11.8 Å². The van der Waals surface area contributed by atoms with E-state index in [0.717, 1.165) is 5.06 Å². The van der Waals surface area contributed by atoms with Crippen LogP contribution >= 0.6 is 0 Å². The second-order valence-corrected chi connectivity index (χ2v) is 4.36. The molecule has 0 aliphatic carbocycles. The van der Waals surface area contributed by atoms with Crippen molar-refractivity contribution in [3.05, 3.63) is 23.8 Å². The van der Waals surface area contributed by atoms with Crippen molar-refractivity contribution in [3.63, 3.8) is 0 Å². The zero-order valence-corrected chi connectivity index (χ0v) is 10.5. The van der Waals surface area contributed by atoms with Crippen LogP contribution in [0.15, 0.2) is 18.2 Å². The van der Waals surface area contributed by atoms with Crippen LogP contribution in [-0.4, -0.2) is 33.7 Å². The van der Waals surface area contributed by atoms with Crippen molar-refractivity contribution in [1.29, 1.82) is 0 Å². The molecule has 1 saturated heterocycles. The van der Waals surface area contributed by atoms with Crippen molar-refractivity contribution in [1.82, 2.24) is 5.06 Å². The molecule has 1 atom stereocenters. The minimum absolute atomic E-state index is 0.0500. The van der Waals surface area contributed by atoms with E-state index in [-0.39, 0.29) is 42.8 Å². The summed E-state index contributed by atoms with van der Waals surface area (Å²) < 4.78 is 0. The van der Waals surface area contributed by atoms with E-state index < -0.39 is 5.92 Å². The van der Waals surface area contributed by atoms with Gasteiger partial charge in [-0.05, 0) is 25.0 Å². The van der Waals surface area contributed by atoms with Crippen LogP contribution in [0.4, 0.5) is 0 Å². The molecule has 1 unspecified atom stereocenters. The number of phenols is 2. The molecule has 2 N–H and O–H groups in total. The minimum Gasteiger partial charge on any atom is -0.508 e. The van der Waals surface area contributed by atoms with Gasteiger partial charge in [0.2, 0.25) is 0 Å². The number of phenolic OH excluding ortho intramolecular Hbond substituents is 2. The van der Waals surface area contributed by atoms with E-state index in [1.165, 1.54) is 18.2 Å². The standard InChI is InChI=1S/C13H15NO5/c1-2-19-14-12(17)6-9(13(14)18)5-8-3-4-10(15)7-11(8)16/h3-4,7,9,15-16H,2,5-6H2,1H3. The third kappa shape index (κ3) is 2.68. The number of benzene rings is 1. The van der Waals surface area contributed by atoms with Crippen LogP contribution in [0.25, 0.3) is 0 Å². The Labute approximate surface area is 110 Å². The largest absolute Gasteiger partial charge is 0.508 e. The van der Waals surface area contributed by atoms with E-state index in [2.05, 4.69) is 0 Å². The Kier molecular flexibility index (Phi) is 3.71. The van der Waals surface area contributed by atoms with E-state index in [0.29, 0.717) is 5.56 Å². The monoisotopic (exact) mass is 265 g/mol. The Balaban J connectivity index is 2.12. The van der Waals surface area contributed by atoms with Crippen LogP contribution in [0.1, 0.15) is 18.9 Å². The second kappa shape index (κ2) is 5.27. The average molecular weight is 265 g/mol. The number of carbonyl (C=O) groups is 2. The molecule has 6 nitrogen and oxygen atoms in total. The first kappa shape index (κ1) is 13.4. The quantitative estimate of drug-likeness (QED) is 0.792. The topological polar surface area (TPSA) is 87.1 Å². The minimum atomic E-state index is -0.533. The van der Waals surface area contributed by atoms with Gasteiger partial charge in [-0.3, -0.25) is 14.4 Å². The first-order valence-electron chi connectivity index (χ1n) is 6.03. The van der Waals surface area contributed by atoms with E-state index in [9.17, 15) is 19.8 Å². The van der Waals surface area contributed by atoms with E-state index in [1.807, 2.05) is 0 Å². The molecule has 0 radical (unpaired) electrons. The molecule has 1 fully saturated rings. The smallest absolute Gasteiger partial charge is 0.257 e. The van der Waals surface area contributed by atoms with Gasteiger partial charge >= 0.3 is 0 Å². The summed E-state index contributed by atoms with van der Waals surface area (Å²) in [6.07, 6.45) is 0.305. The maximum atomic E-state index is 11.9. The summed E-state index contributed by atoms with van der Waals surface area (Å²) in [6, 6.07) is 4.17. The molecule has 102 valence electrons. The molecular weight excluding hydrogens is 250 g/mol. The molecule has 19 heavy (non-hydrogen) atoms. The third-order valence-electron chi connectivity index (χ3n) is 2.99. The van der Waals surface area contributed by atoms with Crippen LogP contribution < -0.4 is 0 Å². The third-order valence-corrected chi connectivity index (χ3v) is 2.99. The van der Waals surface area contributed by atoms with Gasteiger partial charge in [-0.1, -0.05) is 6.07 Å². The molecule has 1 aromatic carbocycles. The van der Waals surface area contributed by atoms with Crippen molar-refractivity contribution in [2.45, 2.75) is 19.8 Å². The fourth-order valence-electron chi connectivity index (χ4n) is 2.08. The normalized spacial score (nSPS) is 19.2. The van der Waals surface area contributed by atoms with E-state index >= 15 is 0 Å². The summed E-state index contributed by atoms with van der Waals surface area (Å²) in [5.41, 5.74) is 0.516. The van der Waals surface area contributed by atoms with Crippen LogP contribution in [-0.2, 0) is 20.8 Å². The van der Waals surface area contributed by atoms with Gasteiger partial charge in [-0.2, -0.15) is 5.06 Å². The Morgan fingerprint density at radius 2 is 2.11 bits per heavy atom. The molecule has 1 heterocycles. The lowest BCUT2D eigenvalue weighted by Gasteiger charge is -2.13. The van der Waals surface area contributed by atoms with Crippen LogP contribution in [0.5, 0.6) is 11.5 Å². The lowest BCUT2D eigenvalue weighted by Crippen LogP contribution is -2.31. The van der Waals surface area contributed by atoms with Gasteiger partial charge in [0, 0.05) is 12.5 Å². The van der Waals surface area contributed by atoms with Gasteiger partial charge in [0.25, 0.3) is 11.8 Å². The highest BCUT2D eigenvalue weighted by atomic mass is 16.7. The first-order valence-corrected chi connectivity index (χ1v) is 6.03. The van der Waals surface area contributed by atoms with Gasteiger partial charge in [-0.15, -0.1) is 0 Å². The number of hydrogen-bond acceptors (Lipinski definition) is 5. The molecule has 1 aromatic rings. The Hall–Kier alpha value is -2.08. The molecule has 2 rings (SSSR count). The fraction of sp³-hybridized carbons (Fsp3) is 0.385. The molecular formula is C13H15NO5. The van der Waals surface area contributed by atoms with Crippen LogP contribution in [0.3, 0.4) is 0 Å². The van der Waals surface area contributed by atoms with Gasteiger partial charge in [0.1, 0.15) is 11.5 Å². The SMILES string of the molecule is CCON1C(=O)CC(Cc2ccc(O)cc2O)C1=O. The summed E-state index contributed by atoms with van der Waals surface area (Å²) in [4.78, 5) is 28.5. The van der Waals surface area contributed by atoms with Gasteiger partial charge in [-0.25, -0.2) is 0 Å². The number of amides is 2. The molecule has 0 bridgehead atoms. The van der Waals surface area contributed by atoms with Crippen molar-refractivity contribution in [3.8, 4) is 11.5 Å². The number of carbonyl (C=O) groups excluding carboxylic acids is 2. The van der Waals surface area contributed by atoms with Crippen molar-refractivity contribution < 1.29 is 24.6 Å². The van der Waals surface area contributed by atoms with Crippen molar-refractivity contribution in [2.75, 3.05) is 6.61 Å². The number of rotatable bonds is 4. The average Bonchev–Trinajstić information content (AvgIpc) is 2.61. The summed E-state index contributed by atoms with van der Waals surface area (Å²) in [6.45, 7) is 1.94. The van der Waals surface area contributed by atoms with Crippen molar-refractivity contribution in [2.24, 2.45) is 5.92 Å². The zero-order chi connectivity index (χ0) is 14.0. The molecule has 0 aromatic heterocycles. The Bertz CT molecular complexity index is 514. The number of nitrogens with zero attached hydrogens (tertiary/aromatic N) is 1. The predicted molar refractivity (Wildman–Crippen MR) is 65.1 cm³/mol. The molecule has 1 aliphatic heterocycles. The summed E-state index contributed by atoms with van der Waals surface area (Å²) in [5.74, 6) is -1.43. The van der Waals surface area contributed by atoms with E-state index in [4.69, 9.17) is 4.84 Å². The number of hydrogen-bond donors (Lipinski definition) is 2. The molecule has 1 aliphatic rings. The maximum absolute atomic E-state index is 11.9. The van der Waals surface area contributed by atoms with Crippen LogP contribution in [0, 0.1) is 5.92 Å². The van der Waals surface area contributed by atoms with Gasteiger partial charge in [0.15, 0.2) is 0 Å². The Morgan fingerprint density at radius 3 is 2.74 bits per heavy atom. The molecule has 2 amide bonds. The first-order chi connectivity index (χ1) is 9.02. The number of imide groups is 1. The second-order valence-electron chi connectivity index (χ2n) is 4.36. The van der Waals surface area contributed by atoms with Gasteiger partial charge < -0.3 is 10.2 Å². The molecule has 0 saturated carbocycles. The molecule has 6 heteroatoms. The number of hydroxylamine groups is 2. The predicted octanol–water partition coefficient (Wildman–Crippen LogP) is 0.967. The molecule has 0 spiro atoms. The van der Waals surface area contributed by atoms with E-state index in [1.54, 1.807) is 6.92 Å².